The largest absolute Gasteiger partial charge is 0.465 e. The van der Waals surface area contributed by atoms with Crippen LogP contribution in [0.15, 0.2) is 38.8 Å². The van der Waals surface area contributed by atoms with E-state index in [4.69, 9.17) is 4.74 Å². The maximum Gasteiger partial charge on any atom is 0.326 e. The number of hydrogen-bond acceptors (Lipinski definition) is 7. The van der Waals surface area contributed by atoms with Crippen LogP contribution in [0.5, 0.6) is 0 Å². The molecule has 11 heteroatoms. The molecule has 0 spiro atoms. The number of thiophene rings is 1. The molecule has 0 saturated carbocycles. The number of carbonyl (C=O) groups excluding carboxylic acids is 2. The zero-order valence-corrected chi connectivity index (χ0v) is 21.1. The van der Waals surface area contributed by atoms with Crippen LogP contribution in [-0.2, 0) is 30.9 Å². The van der Waals surface area contributed by atoms with Gasteiger partial charge in [0.25, 0.3) is 15.9 Å². The lowest BCUT2D eigenvalue weighted by Gasteiger charge is -2.20. The van der Waals surface area contributed by atoms with Crippen LogP contribution < -0.4 is 4.80 Å². The lowest BCUT2D eigenvalue weighted by Crippen LogP contribution is -2.40. The minimum atomic E-state index is -3.76. The van der Waals surface area contributed by atoms with Crippen LogP contribution in [0.1, 0.15) is 30.9 Å². The first-order chi connectivity index (χ1) is 15.7. The van der Waals surface area contributed by atoms with E-state index in [1.54, 1.807) is 29.0 Å². The van der Waals surface area contributed by atoms with Crippen LogP contribution in [0.25, 0.3) is 10.2 Å². The van der Waals surface area contributed by atoms with Crippen LogP contribution in [0.2, 0.25) is 0 Å². The number of fused-ring (bicyclic) bond motifs is 1. The van der Waals surface area contributed by atoms with Crippen LogP contribution >= 0.6 is 22.7 Å². The first-order valence-corrected chi connectivity index (χ1v) is 13.8. The zero-order chi connectivity index (χ0) is 23.8. The highest BCUT2D eigenvalue weighted by Crippen LogP contribution is 2.29. The van der Waals surface area contributed by atoms with Crippen molar-refractivity contribution in [3.05, 3.63) is 45.6 Å². The van der Waals surface area contributed by atoms with Crippen molar-refractivity contribution in [2.24, 2.45) is 4.99 Å². The SMILES string of the molecule is CCOC(=O)Cn1c(=NC(=O)C2CCCN2S(=O)(=O)c2cccs2)sc2cc(C)c(C)cc21. The molecule has 4 rings (SSSR count). The molecular formula is C22H25N3O5S3. The van der Waals surface area contributed by atoms with E-state index in [1.165, 1.54) is 15.6 Å². The predicted octanol–water partition coefficient (Wildman–Crippen LogP) is 3.22. The average Bonchev–Trinajstić information content (AvgIpc) is 3.51. The normalized spacial score (nSPS) is 17.7. The highest BCUT2D eigenvalue weighted by atomic mass is 32.2. The summed E-state index contributed by atoms with van der Waals surface area (Å²) in [5.74, 6) is -0.947. The number of aromatic nitrogens is 1. The minimum absolute atomic E-state index is 0.0790. The molecule has 1 aliphatic rings. The third-order valence-corrected chi connectivity index (χ3v) is 9.97. The third kappa shape index (κ3) is 4.68. The van der Waals surface area contributed by atoms with Crippen molar-refractivity contribution in [1.29, 1.82) is 0 Å². The Morgan fingerprint density at radius 2 is 2.00 bits per heavy atom. The molecule has 8 nitrogen and oxygen atoms in total. The first kappa shape index (κ1) is 23.8. The van der Waals surface area contributed by atoms with Gasteiger partial charge in [-0.15, -0.1) is 11.3 Å². The lowest BCUT2D eigenvalue weighted by atomic mass is 10.1. The molecule has 0 N–H and O–H groups in total. The fraction of sp³-hybridized carbons (Fsp3) is 0.409. The Morgan fingerprint density at radius 1 is 1.24 bits per heavy atom. The van der Waals surface area contributed by atoms with Gasteiger partial charge in [0, 0.05) is 6.54 Å². The van der Waals surface area contributed by atoms with Crippen molar-refractivity contribution in [3.8, 4) is 0 Å². The quantitative estimate of drug-likeness (QED) is 0.477. The summed E-state index contributed by atoms with van der Waals surface area (Å²) in [6.45, 7) is 6.17. The van der Waals surface area contributed by atoms with Crippen LogP contribution in [0.3, 0.4) is 0 Å². The molecule has 3 aromatic rings. The van der Waals surface area contributed by atoms with Gasteiger partial charge in [0.15, 0.2) is 4.80 Å². The Labute approximate surface area is 200 Å². The second kappa shape index (κ2) is 9.49. The summed E-state index contributed by atoms with van der Waals surface area (Å²) in [4.78, 5) is 30.2. The number of hydrogen-bond donors (Lipinski definition) is 0. The maximum atomic E-state index is 13.2. The number of esters is 1. The number of amides is 1. The Balaban J connectivity index is 1.76. The summed E-state index contributed by atoms with van der Waals surface area (Å²) in [6, 6.07) is 6.33. The topological polar surface area (TPSA) is 98.0 Å². The second-order valence-corrected chi connectivity index (χ2v) is 11.9. The average molecular weight is 508 g/mol. The van der Waals surface area contributed by atoms with Crippen molar-refractivity contribution >= 4 is 54.8 Å². The molecule has 0 bridgehead atoms. The second-order valence-electron chi connectivity index (χ2n) is 7.84. The summed E-state index contributed by atoms with van der Waals surface area (Å²) in [7, 11) is -3.76. The van der Waals surface area contributed by atoms with E-state index in [9.17, 15) is 18.0 Å². The van der Waals surface area contributed by atoms with E-state index < -0.39 is 27.9 Å². The van der Waals surface area contributed by atoms with Gasteiger partial charge in [-0.25, -0.2) is 8.42 Å². The van der Waals surface area contributed by atoms with Crippen molar-refractivity contribution in [2.75, 3.05) is 13.2 Å². The third-order valence-electron chi connectivity index (χ3n) is 5.64. The van der Waals surface area contributed by atoms with Crippen molar-refractivity contribution in [3.63, 3.8) is 0 Å². The zero-order valence-electron chi connectivity index (χ0n) is 18.6. The van der Waals surface area contributed by atoms with Crippen molar-refractivity contribution in [2.45, 2.75) is 50.4 Å². The maximum absolute atomic E-state index is 13.2. The molecule has 176 valence electrons. The summed E-state index contributed by atoms with van der Waals surface area (Å²) >= 11 is 2.43. The molecule has 0 aliphatic carbocycles. The molecule has 33 heavy (non-hydrogen) atoms. The molecule has 3 heterocycles. The smallest absolute Gasteiger partial charge is 0.326 e. The van der Waals surface area contributed by atoms with Crippen LogP contribution in [-0.4, -0.2) is 48.4 Å². The van der Waals surface area contributed by atoms with Gasteiger partial charge in [-0.05, 0) is 68.3 Å². The van der Waals surface area contributed by atoms with Gasteiger partial charge < -0.3 is 9.30 Å². The minimum Gasteiger partial charge on any atom is -0.465 e. The number of rotatable bonds is 6. The molecule has 1 fully saturated rings. The number of thiazole rings is 1. The molecule has 1 saturated heterocycles. The van der Waals surface area contributed by atoms with Gasteiger partial charge in [-0.2, -0.15) is 9.30 Å². The van der Waals surface area contributed by atoms with E-state index in [2.05, 4.69) is 4.99 Å². The fourth-order valence-electron chi connectivity index (χ4n) is 3.86. The van der Waals surface area contributed by atoms with Gasteiger partial charge in [-0.3, -0.25) is 9.59 Å². The van der Waals surface area contributed by atoms with E-state index in [0.29, 0.717) is 17.6 Å². The van der Waals surface area contributed by atoms with Gasteiger partial charge in [0.05, 0.1) is 16.8 Å². The molecular weight excluding hydrogens is 482 g/mol. The van der Waals surface area contributed by atoms with Crippen molar-refractivity contribution in [1.82, 2.24) is 8.87 Å². The predicted molar refractivity (Wildman–Crippen MR) is 128 cm³/mol. The number of nitrogens with zero attached hydrogens (tertiary/aromatic N) is 3. The molecule has 1 aromatic carbocycles. The fourth-order valence-corrected chi connectivity index (χ4v) is 7.75. The van der Waals surface area contributed by atoms with Crippen molar-refractivity contribution < 1.29 is 22.7 Å². The Morgan fingerprint density at radius 3 is 2.70 bits per heavy atom. The molecule has 1 aliphatic heterocycles. The van der Waals surface area contributed by atoms with Crippen LogP contribution in [0, 0.1) is 13.8 Å². The summed E-state index contributed by atoms with van der Waals surface area (Å²) < 4.78 is 35.2. The Hall–Kier alpha value is -2.34. The molecule has 1 atom stereocenters. The standard InChI is InChI=1S/C22H25N3O5S3/c1-4-30-19(26)13-24-17-11-14(2)15(3)12-18(17)32-22(24)23-21(27)16-7-5-9-25(16)33(28,29)20-8-6-10-31-20/h6,8,10-12,16H,4-5,7,9,13H2,1-3H3. The lowest BCUT2D eigenvalue weighted by molar-refractivity contribution is -0.143. The Kier molecular flexibility index (Phi) is 6.85. The number of ether oxygens (including phenoxy) is 1. The highest BCUT2D eigenvalue weighted by Gasteiger charge is 2.40. The number of aryl methyl sites for hydroxylation is 2. The summed E-state index contributed by atoms with van der Waals surface area (Å²) in [5, 5.41) is 1.70. The summed E-state index contributed by atoms with van der Waals surface area (Å²) in [5.41, 5.74) is 2.94. The first-order valence-electron chi connectivity index (χ1n) is 10.6. The van der Waals surface area contributed by atoms with Crippen LogP contribution in [0.4, 0.5) is 0 Å². The number of sulfonamides is 1. The van der Waals surface area contributed by atoms with E-state index in [1.807, 2.05) is 26.0 Å². The molecule has 1 unspecified atom stereocenters. The van der Waals surface area contributed by atoms with E-state index in [0.717, 1.165) is 32.7 Å². The van der Waals surface area contributed by atoms with Gasteiger partial charge in [0.2, 0.25) is 0 Å². The number of carbonyl (C=O) groups is 2. The molecule has 0 radical (unpaired) electrons. The van der Waals surface area contributed by atoms with Gasteiger partial charge in [-0.1, -0.05) is 17.4 Å². The Bertz CT molecular complexity index is 1370. The molecule has 1 amide bonds. The van der Waals surface area contributed by atoms with E-state index >= 15 is 0 Å². The highest BCUT2D eigenvalue weighted by molar-refractivity contribution is 7.91. The van der Waals surface area contributed by atoms with Gasteiger partial charge >= 0.3 is 5.97 Å². The molecule has 2 aromatic heterocycles. The van der Waals surface area contributed by atoms with Gasteiger partial charge in [0.1, 0.15) is 16.8 Å². The summed E-state index contributed by atoms with van der Waals surface area (Å²) in [6.07, 6.45) is 0.998. The van der Waals surface area contributed by atoms with E-state index in [-0.39, 0.29) is 23.9 Å². The number of benzene rings is 1. The monoisotopic (exact) mass is 507 g/mol.